The molecule has 124 valence electrons. The molecule has 1 N–H and O–H groups in total. The summed E-state index contributed by atoms with van der Waals surface area (Å²) in [7, 11) is 3.20. The molecule has 1 saturated heterocycles. The van der Waals surface area contributed by atoms with Crippen molar-refractivity contribution in [2.75, 3.05) is 20.8 Å². The third-order valence-corrected chi connectivity index (χ3v) is 4.76. The lowest BCUT2D eigenvalue weighted by molar-refractivity contribution is -0.148. The Labute approximate surface area is 135 Å². The zero-order chi connectivity index (χ0) is 16.6. The van der Waals surface area contributed by atoms with Gasteiger partial charge in [-0.2, -0.15) is 0 Å². The minimum absolute atomic E-state index is 0.0511. The number of rotatable bonds is 5. The molecule has 1 aliphatic carbocycles. The fraction of sp³-hybridized carbons (Fsp3) is 0.529. The molecular weight excluding hydrogens is 298 g/mol. The second-order valence-corrected chi connectivity index (χ2v) is 6.08. The fourth-order valence-corrected chi connectivity index (χ4v) is 3.44. The highest BCUT2D eigenvalue weighted by atomic mass is 16.5. The Balaban J connectivity index is 1.76. The Bertz CT molecular complexity index is 629. The normalized spacial score (nSPS) is 26.0. The van der Waals surface area contributed by atoms with Gasteiger partial charge < -0.3 is 19.5 Å². The molecule has 1 saturated carbocycles. The van der Waals surface area contributed by atoms with Gasteiger partial charge in [-0.05, 0) is 37.5 Å². The highest BCUT2D eigenvalue weighted by molar-refractivity contribution is 5.88. The number of ether oxygens (including phenoxy) is 2. The fourth-order valence-electron chi connectivity index (χ4n) is 3.44. The van der Waals surface area contributed by atoms with Crippen LogP contribution < -0.4 is 9.47 Å². The standard InChI is InChI=1S/C17H21NO5/c1-22-10-5-6-15(23-2)12(8-10)11-9-13(11)16(19)18-7-3-4-14(18)17(20)21/h5-6,8,11,13-14H,3-4,7,9H2,1-2H3,(H,20,21). The van der Waals surface area contributed by atoms with Gasteiger partial charge in [-0.25, -0.2) is 4.79 Å². The van der Waals surface area contributed by atoms with Crippen molar-refractivity contribution < 1.29 is 24.2 Å². The van der Waals surface area contributed by atoms with Gasteiger partial charge in [0.05, 0.1) is 14.2 Å². The number of benzene rings is 1. The van der Waals surface area contributed by atoms with Crippen LogP contribution in [0.3, 0.4) is 0 Å². The van der Waals surface area contributed by atoms with E-state index in [4.69, 9.17) is 9.47 Å². The van der Waals surface area contributed by atoms with Crippen LogP contribution in [0.2, 0.25) is 0 Å². The number of methoxy groups -OCH3 is 2. The van der Waals surface area contributed by atoms with Crippen molar-refractivity contribution in [1.82, 2.24) is 4.90 Å². The minimum Gasteiger partial charge on any atom is -0.497 e. The van der Waals surface area contributed by atoms with Crippen LogP contribution in [0, 0.1) is 5.92 Å². The second-order valence-electron chi connectivity index (χ2n) is 6.08. The van der Waals surface area contributed by atoms with Crippen molar-refractivity contribution in [2.24, 2.45) is 5.92 Å². The van der Waals surface area contributed by atoms with E-state index in [0.29, 0.717) is 13.0 Å². The molecule has 1 heterocycles. The van der Waals surface area contributed by atoms with Crippen molar-refractivity contribution in [2.45, 2.75) is 31.2 Å². The Hall–Kier alpha value is -2.24. The number of carboxylic acid groups (broad SMARTS) is 1. The molecule has 1 aromatic carbocycles. The number of carboxylic acids is 1. The molecule has 3 unspecified atom stereocenters. The van der Waals surface area contributed by atoms with E-state index in [1.165, 1.54) is 4.90 Å². The first-order chi connectivity index (χ1) is 11.1. The minimum atomic E-state index is -0.910. The number of amides is 1. The van der Waals surface area contributed by atoms with E-state index in [1.54, 1.807) is 14.2 Å². The molecule has 1 amide bonds. The molecule has 6 nitrogen and oxygen atoms in total. The Morgan fingerprint density at radius 1 is 1.26 bits per heavy atom. The smallest absolute Gasteiger partial charge is 0.326 e. The lowest BCUT2D eigenvalue weighted by Crippen LogP contribution is -2.41. The third kappa shape index (κ3) is 2.85. The van der Waals surface area contributed by atoms with Crippen LogP contribution in [0.25, 0.3) is 0 Å². The summed E-state index contributed by atoms with van der Waals surface area (Å²) in [6, 6.07) is 4.89. The summed E-state index contributed by atoms with van der Waals surface area (Å²) >= 11 is 0. The topological polar surface area (TPSA) is 76.1 Å². The van der Waals surface area contributed by atoms with E-state index in [2.05, 4.69) is 0 Å². The number of nitrogens with zero attached hydrogens (tertiary/aromatic N) is 1. The van der Waals surface area contributed by atoms with Gasteiger partial charge in [-0.1, -0.05) is 0 Å². The molecule has 6 heteroatoms. The average Bonchev–Trinajstić information content (AvgIpc) is 3.20. The molecule has 1 aliphatic heterocycles. The average molecular weight is 319 g/mol. The predicted molar refractivity (Wildman–Crippen MR) is 82.8 cm³/mol. The van der Waals surface area contributed by atoms with E-state index >= 15 is 0 Å². The van der Waals surface area contributed by atoms with Crippen molar-refractivity contribution in [3.8, 4) is 11.5 Å². The Morgan fingerprint density at radius 3 is 2.70 bits per heavy atom. The van der Waals surface area contributed by atoms with Gasteiger partial charge in [0.1, 0.15) is 17.5 Å². The van der Waals surface area contributed by atoms with Crippen LogP contribution >= 0.6 is 0 Å². The lowest BCUT2D eigenvalue weighted by Gasteiger charge is -2.21. The molecule has 0 radical (unpaired) electrons. The number of hydrogen-bond acceptors (Lipinski definition) is 4. The maximum atomic E-state index is 12.7. The number of carbonyl (C=O) groups excluding carboxylic acids is 1. The van der Waals surface area contributed by atoms with E-state index in [-0.39, 0.29) is 17.7 Å². The largest absolute Gasteiger partial charge is 0.497 e. The van der Waals surface area contributed by atoms with Crippen LogP contribution in [-0.4, -0.2) is 48.7 Å². The Morgan fingerprint density at radius 2 is 2.04 bits per heavy atom. The maximum Gasteiger partial charge on any atom is 0.326 e. The van der Waals surface area contributed by atoms with Crippen molar-refractivity contribution in [3.63, 3.8) is 0 Å². The summed E-state index contributed by atoms with van der Waals surface area (Å²) in [5.74, 6) is 0.418. The number of hydrogen-bond donors (Lipinski definition) is 1. The molecular formula is C17H21NO5. The summed E-state index contributed by atoms with van der Waals surface area (Å²) in [4.78, 5) is 25.4. The first-order valence-corrected chi connectivity index (χ1v) is 7.82. The summed E-state index contributed by atoms with van der Waals surface area (Å²) in [6.07, 6.45) is 2.02. The van der Waals surface area contributed by atoms with Gasteiger partial charge in [-0.15, -0.1) is 0 Å². The van der Waals surface area contributed by atoms with Gasteiger partial charge in [-0.3, -0.25) is 4.79 Å². The van der Waals surface area contributed by atoms with Gasteiger partial charge in [0.15, 0.2) is 0 Å². The highest BCUT2D eigenvalue weighted by Crippen LogP contribution is 2.52. The third-order valence-electron chi connectivity index (χ3n) is 4.76. The van der Waals surface area contributed by atoms with Crippen LogP contribution in [0.4, 0.5) is 0 Å². The van der Waals surface area contributed by atoms with Gasteiger partial charge >= 0.3 is 5.97 Å². The van der Waals surface area contributed by atoms with Crippen LogP contribution in [0.15, 0.2) is 18.2 Å². The zero-order valence-corrected chi connectivity index (χ0v) is 13.3. The molecule has 3 atom stereocenters. The molecule has 23 heavy (non-hydrogen) atoms. The van der Waals surface area contributed by atoms with Crippen molar-refractivity contribution in [1.29, 1.82) is 0 Å². The monoisotopic (exact) mass is 319 g/mol. The van der Waals surface area contributed by atoms with Crippen LogP contribution in [-0.2, 0) is 9.59 Å². The summed E-state index contributed by atoms with van der Waals surface area (Å²) in [6.45, 7) is 0.536. The first kappa shape index (κ1) is 15.6. The molecule has 2 fully saturated rings. The molecule has 0 aromatic heterocycles. The first-order valence-electron chi connectivity index (χ1n) is 7.82. The lowest BCUT2D eigenvalue weighted by atomic mass is 10.1. The SMILES string of the molecule is COc1ccc(OC)c(C2CC2C(=O)N2CCCC2C(=O)O)c1. The van der Waals surface area contributed by atoms with Crippen molar-refractivity contribution in [3.05, 3.63) is 23.8 Å². The molecule has 2 aliphatic rings. The highest BCUT2D eigenvalue weighted by Gasteiger charge is 2.49. The van der Waals surface area contributed by atoms with E-state index in [1.807, 2.05) is 18.2 Å². The van der Waals surface area contributed by atoms with E-state index in [9.17, 15) is 14.7 Å². The predicted octanol–water partition coefficient (Wildman–Crippen LogP) is 1.88. The molecule has 1 aromatic rings. The van der Waals surface area contributed by atoms with E-state index < -0.39 is 12.0 Å². The summed E-state index contributed by atoms with van der Waals surface area (Å²) in [5, 5.41) is 9.24. The van der Waals surface area contributed by atoms with Crippen LogP contribution in [0.5, 0.6) is 11.5 Å². The zero-order valence-electron chi connectivity index (χ0n) is 13.3. The van der Waals surface area contributed by atoms with E-state index in [0.717, 1.165) is 29.9 Å². The summed E-state index contributed by atoms with van der Waals surface area (Å²) in [5.41, 5.74) is 0.955. The second kappa shape index (κ2) is 6.10. The van der Waals surface area contributed by atoms with Gasteiger partial charge in [0.25, 0.3) is 0 Å². The number of likely N-dealkylation sites (tertiary alicyclic amines) is 1. The number of carbonyl (C=O) groups is 2. The van der Waals surface area contributed by atoms with Gasteiger partial charge in [0.2, 0.25) is 5.91 Å². The summed E-state index contributed by atoms with van der Waals surface area (Å²) < 4.78 is 10.6. The van der Waals surface area contributed by atoms with Crippen molar-refractivity contribution >= 4 is 11.9 Å². The molecule has 3 rings (SSSR count). The number of aliphatic carboxylic acids is 1. The Kier molecular flexibility index (Phi) is 4.15. The molecule has 0 bridgehead atoms. The van der Waals surface area contributed by atoms with Crippen LogP contribution in [0.1, 0.15) is 30.7 Å². The quantitative estimate of drug-likeness (QED) is 0.897. The molecule has 0 spiro atoms. The van der Waals surface area contributed by atoms with Gasteiger partial charge in [0, 0.05) is 23.9 Å². The maximum absolute atomic E-state index is 12.7.